The summed E-state index contributed by atoms with van der Waals surface area (Å²) in [4.78, 5) is 19.2. The minimum absolute atomic E-state index is 0.0683. The standard InChI is InChI=1S/C19H22N2O2/c1-2-3-11-21(14-17-6-4-5-10-20-17)19(22)16-7-8-18-15(13-16)9-12-23-18/h4-8,10,13H,2-3,9,11-12,14H2,1H3. The van der Waals surface area contributed by atoms with E-state index in [-0.39, 0.29) is 5.91 Å². The van der Waals surface area contributed by atoms with Crippen molar-refractivity contribution in [2.45, 2.75) is 32.7 Å². The number of amides is 1. The summed E-state index contributed by atoms with van der Waals surface area (Å²) in [6.07, 6.45) is 4.70. The molecule has 1 aliphatic rings. The maximum atomic E-state index is 12.9. The molecule has 0 N–H and O–H groups in total. The van der Waals surface area contributed by atoms with Gasteiger partial charge in [0.2, 0.25) is 0 Å². The molecule has 0 aliphatic carbocycles. The van der Waals surface area contributed by atoms with E-state index in [1.807, 2.05) is 41.3 Å². The van der Waals surface area contributed by atoms with E-state index in [0.717, 1.165) is 48.4 Å². The van der Waals surface area contributed by atoms with Gasteiger partial charge in [0.05, 0.1) is 18.8 Å². The third-order valence-corrected chi connectivity index (χ3v) is 4.08. The van der Waals surface area contributed by atoms with Crippen LogP contribution < -0.4 is 4.74 Å². The lowest BCUT2D eigenvalue weighted by Crippen LogP contribution is -2.31. The highest BCUT2D eigenvalue weighted by Crippen LogP contribution is 2.26. The molecule has 0 fully saturated rings. The number of nitrogens with zero attached hydrogens (tertiary/aromatic N) is 2. The Labute approximate surface area is 137 Å². The number of carbonyl (C=O) groups is 1. The summed E-state index contributed by atoms with van der Waals surface area (Å²) >= 11 is 0. The minimum atomic E-state index is 0.0683. The predicted octanol–water partition coefficient (Wildman–Crippen LogP) is 3.46. The fourth-order valence-electron chi connectivity index (χ4n) is 2.79. The molecule has 23 heavy (non-hydrogen) atoms. The minimum Gasteiger partial charge on any atom is -0.493 e. The van der Waals surface area contributed by atoms with Crippen molar-refractivity contribution in [2.24, 2.45) is 0 Å². The highest BCUT2D eigenvalue weighted by atomic mass is 16.5. The SMILES string of the molecule is CCCCN(Cc1ccccn1)C(=O)c1ccc2c(c1)CCO2. The Balaban J connectivity index is 1.79. The molecule has 0 saturated carbocycles. The van der Waals surface area contributed by atoms with Gasteiger partial charge in [-0.1, -0.05) is 19.4 Å². The number of hydrogen-bond acceptors (Lipinski definition) is 3. The van der Waals surface area contributed by atoms with Gasteiger partial charge in [0.1, 0.15) is 5.75 Å². The Morgan fingerprint density at radius 1 is 1.30 bits per heavy atom. The molecular formula is C19H22N2O2. The van der Waals surface area contributed by atoms with E-state index in [2.05, 4.69) is 11.9 Å². The lowest BCUT2D eigenvalue weighted by Gasteiger charge is -2.22. The Kier molecular flexibility index (Phi) is 4.91. The number of ether oxygens (including phenoxy) is 1. The van der Waals surface area contributed by atoms with Crippen molar-refractivity contribution in [3.05, 3.63) is 59.4 Å². The molecule has 0 radical (unpaired) electrons. The van der Waals surface area contributed by atoms with Crippen LogP contribution in [0.1, 0.15) is 41.4 Å². The molecule has 1 aromatic carbocycles. The van der Waals surface area contributed by atoms with Gasteiger partial charge in [-0.3, -0.25) is 9.78 Å². The van der Waals surface area contributed by atoms with E-state index in [1.165, 1.54) is 0 Å². The summed E-state index contributed by atoms with van der Waals surface area (Å²) in [5.74, 6) is 0.977. The van der Waals surface area contributed by atoms with Gasteiger partial charge in [-0.05, 0) is 42.3 Å². The molecule has 0 bridgehead atoms. The summed E-state index contributed by atoms with van der Waals surface area (Å²) in [7, 11) is 0. The topological polar surface area (TPSA) is 42.4 Å². The Morgan fingerprint density at radius 2 is 2.22 bits per heavy atom. The number of benzene rings is 1. The second kappa shape index (κ2) is 7.27. The fourth-order valence-corrected chi connectivity index (χ4v) is 2.79. The lowest BCUT2D eigenvalue weighted by atomic mass is 10.1. The second-order valence-corrected chi connectivity index (χ2v) is 5.82. The monoisotopic (exact) mass is 310 g/mol. The molecule has 4 heteroatoms. The zero-order valence-electron chi connectivity index (χ0n) is 13.5. The molecule has 4 nitrogen and oxygen atoms in total. The Morgan fingerprint density at radius 3 is 3.00 bits per heavy atom. The van der Waals surface area contributed by atoms with Crippen molar-refractivity contribution in [1.82, 2.24) is 9.88 Å². The van der Waals surface area contributed by atoms with Gasteiger partial charge in [0.15, 0.2) is 0 Å². The number of rotatable bonds is 6. The summed E-state index contributed by atoms with van der Waals surface area (Å²) in [5.41, 5.74) is 2.78. The molecule has 0 spiro atoms. The number of pyridine rings is 1. The molecule has 1 amide bonds. The molecule has 3 rings (SSSR count). The van der Waals surface area contributed by atoms with Crippen LogP contribution in [-0.4, -0.2) is 28.9 Å². The van der Waals surface area contributed by atoms with Crippen LogP contribution in [0, 0.1) is 0 Å². The number of carbonyl (C=O) groups excluding carboxylic acids is 1. The third-order valence-electron chi connectivity index (χ3n) is 4.08. The number of unbranched alkanes of at least 4 members (excludes halogenated alkanes) is 1. The molecule has 120 valence electrons. The number of hydrogen-bond donors (Lipinski definition) is 0. The highest BCUT2D eigenvalue weighted by molar-refractivity contribution is 5.94. The van der Waals surface area contributed by atoms with Crippen LogP contribution in [0.4, 0.5) is 0 Å². The first-order valence-electron chi connectivity index (χ1n) is 8.23. The van der Waals surface area contributed by atoms with Gasteiger partial charge < -0.3 is 9.64 Å². The number of fused-ring (bicyclic) bond motifs is 1. The summed E-state index contributed by atoms with van der Waals surface area (Å²) in [6.45, 7) is 4.14. The molecule has 0 atom stereocenters. The molecule has 1 aromatic heterocycles. The van der Waals surface area contributed by atoms with E-state index in [4.69, 9.17) is 4.74 Å². The first kappa shape index (κ1) is 15.5. The average molecular weight is 310 g/mol. The summed E-state index contributed by atoms with van der Waals surface area (Å²) in [6, 6.07) is 11.6. The van der Waals surface area contributed by atoms with E-state index < -0.39 is 0 Å². The van der Waals surface area contributed by atoms with Gasteiger partial charge in [-0.25, -0.2) is 0 Å². The van der Waals surface area contributed by atoms with Gasteiger partial charge in [-0.15, -0.1) is 0 Å². The van der Waals surface area contributed by atoms with E-state index in [9.17, 15) is 4.79 Å². The molecule has 2 aromatic rings. The molecule has 0 unspecified atom stereocenters. The first-order chi connectivity index (χ1) is 11.3. The zero-order valence-corrected chi connectivity index (χ0v) is 13.5. The van der Waals surface area contributed by atoms with Crippen LogP contribution in [0.3, 0.4) is 0 Å². The Bertz CT molecular complexity index is 670. The van der Waals surface area contributed by atoms with Crippen LogP contribution in [0.15, 0.2) is 42.6 Å². The van der Waals surface area contributed by atoms with Crippen LogP contribution in [0.5, 0.6) is 5.75 Å². The molecule has 2 heterocycles. The smallest absolute Gasteiger partial charge is 0.254 e. The lowest BCUT2D eigenvalue weighted by molar-refractivity contribution is 0.0738. The van der Waals surface area contributed by atoms with E-state index in [1.54, 1.807) is 6.20 Å². The van der Waals surface area contributed by atoms with Crippen molar-refractivity contribution >= 4 is 5.91 Å². The van der Waals surface area contributed by atoms with Gasteiger partial charge in [-0.2, -0.15) is 0 Å². The normalized spacial score (nSPS) is 12.6. The molecular weight excluding hydrogens is 288 g/mol. The fraction of sp³-hybridized carbons (Fsp3) is 0.368. The summed E-state index contributed by atoms with van der Waals surface area (Å²) in [5, 5.41) is 0. The third kappa shape index (κ3) is 3.70. The van der Waals surface area contributed by atoms with Crippen molar-refractivity contribution < 1.29 is 9.53 Å². The maximum absolute atomic E-state index is 12.9. The van der Waals surface area contributed by atoms with Crippen LogP contribution >= 0.6 is 0 Å². The average Bonchev–Trinajstić information content (AvgIpc) is 3.06. The van der Waals surface area contributed by atoms with E-state index in [0.29, 0.717) is 13.2 Å². The zero-order chi connectivity index (χ0) is 16.1. The predicted molar refractivity (Wildman–Crippen MR) is 89.5 cm³/mol. The van der Waals surface area contributed by atoms with Crippen molar-refractivity contribution in [2.75, 3.05) is 13.2 Å². The number of aromatic nitrogens is 1. The largest absolute Gasteiger partial charge is 0.493 e. The molecule has 0 saturated heterocycles. The van der Waals surface area contributed by atoms with Crippen molar-refractivity contribution in [3.63, 3.8) is 0 Å². The second-order valence-electron chi connectivity index (χ2n) is 5.82. The maximum Gasteiger partial charge on any atom is 0.254 e. The van der Waals surface area contributed by atoms with Crippen molar-refractivity contribution in [3.8, 4) is 5.75 Å². The quantitative estimate of drug-likeness (QED) is 0.820. The molecule has 1 aliphatic heterocycles. The van der Waals surface area contributed by atoms with Gasteiger partial charge in [0, 0.05) is 24.7 Å². The van der Waals surface area contributed by atoms with E-state index >= 15 is 0 Å². The van der Waals surface area contributed by atoms with Gasteiger partial charge in [0.25, 0.3) is 5.91 Å². The first-order valence-corrected chi connectivity index (χ1v) is 8.23. The van der Waals surface area contributed by atoms with Crippen LogP contribution in [0.2, 0.25) is 0 Å². The van der Waals surface area contributed by atoms with Crippen LogP contribution in [0.25, 0.3) is 0 Å². The highest BCUT2D eigenvalue weighted by Gasteiger charge is 2.19. The van der Waals surface area contributed by atoms with Crippen molar-refractivity contribution in [1.29, 1.82) is 0 Å². The van der Waals surface area contributed by atoms with Gasteiger partial charge >= 0.3 is 0 Å². The summed E-state index contributed by atoms with van der Waals surface area (Å²) < 4.78 is 5.52. The Hall–Kier alpha value is -2.36. The van der Waals surface area contributed by atoms with Crippen LogP contribution in [-0.2, 0) is 13.0 Å².